The summed E-state index contributed by atoms with van der Waals surface area (Å²) < 4.78 is 26.6. The second kappa shape index (κ2) is 3.52. The van der Waals surface area contributed by atoms with Crippen LogP contribution in [-0.4, -0.2) is 10.9 Å². The van der Waals surface area contributed by atoms with E-state index in [1.165, 1.54) is 12.1 Å². The van der Waals surface area contributed by atoms with E-state index in [-0.39, 0.29) is 0 Å². The molecule has 1 aromatic heterocycles. The van der Waals surface area contributed by atoms with Crippen molar-refractivity contribution in [1.82, 2.24) is 4.98 Å². The van der Waals surface area contributed by atoms with Crippen LogP contribution in [0.1, 0.15) is 5.56 Å². The number of carbonyl (C=O) groups excluding carboxylic acids is 1. The highest BCUT2D eigenvalue weighted by Gasteiger charge is 2.38. The van der Waals surface area contributed by atoms with Gasteiger partial charge in [0.15, 0.2) is 0 Å². The van der Waals surface area contributed by atoms with E-state index >= 15 is 0 Å². The van der Waals surface area contributed by atoms with Crippen LogP contribution in [-0.2, 0) is 10.7 Å². The summed E-state index contributed by atoms with van der Waals surface area (Å²) >= 11 is 0. The van der Waals surface area contributed by atoms with E-state index in [9.17, 15) is 13.6 Å². The molecule has 0 radical (unpaired) electrons. The lowest BCUT2D eigenvalue weighted by atomic mass is 10.1. The molecule has 2 rings (SSSR count). The Morgan fingerprint density at radius 3 is 2.75 bits per heavy atom. The van der Waals surface area contributed by atoms with Gasteiger partial charge in [-0.1, -0.05) is 12.1 Å². The van der Waals surface area contributed by atoms with E-state index in [1.807, 2.05) is 0 Å². The summed E-state index contributed by atoms with van der Waals surface area (Å²) in [6.45, 7) is 0. The zero-order valence-electron chi connectivity index (χ0n) is 8.15. The Morgan fingerprint density at radius 1 is 1.31 bits per heavy atom. The number of benzene rings is 1. The van der Waals surface area contributed by atoms with Crippen molar-refractivity contribution in [2.45, 2.75) is 5.92 Å². The van der Waals surface area contributed by atoms with Gasteiger partial charge in [0.25, 0.3) is 5.91 Å². The Balaban J connectivity index is 2.59. The molecular formula is C11H8F2N2O. The monoisotopic (exact) mass is 222 g/mol. The van der Waals surface area contributed by atoms with Crippen molar-refractivity contribution in [2.75, 3.05) is 0 Å². The van der Waals surface area contributed by atoms with Crippen molar-refractivity contribution in [3.05, 3.63) is 42.1 Å². The Kier molecular flexibility index (Phi) is 2.30. The molecule has 0 fully saturated rings. The molecular weight excluding hydrogens is 214 g/mol. The highest BCUT2D eigenvalue weighted by atomic mass is 19.3. The first-order valence-electron chi connectivity index (χ1n) is 4.55. The van der Waals surface area contributed by atoms with Crippen LogP contribution in [0.5, 0.6) is 0 Å². The fourth-order valence-corrected chi connectivity index (χ4v) is 1.41. The molecule has 0 aliphatic carbocycles. The van der Waals surface area contributed by atoms with Crippen molar-refractivity contribution in [3.8, 4) is 0 Å². The zero-order valence-corrected chi connectivity index (χ0v) is 8.15. The Labute approximate surface area is 89.9 Å². The molecule has 0 saturated heterocycles. The number of fused-ring (bicyclic) bond motifs is 1. The van der Waals surface area contributed by atoms with Crippen molar-refractivity contribution in [2.24, 2.45) is 5.73 Å². The van der Waals surface area contributed by atoms with Crippen molar-refractivity contribution < 1.29 is 13.6 Å². The van der Waals surface area contributed by atoms with E-state index < -0.39 is 17.4 Å². The number of halogens is 2. The number of amides is 1. The molecule has 0 unspecified atom stereocenters. The summed E-state index contributed by atoms with van der Waals surface area (Å²) in [5, 5.41) is 0.543. The number of pyridine rings is 1. The normalized spacial score (nSPS) is 11.6. The lowest BCUT2D eigenvalue weighted by Gasteiger charge is -2.12. The molecule has 16 heavy (non-hydrogen) atoms. The van der Waals surface area contributed by atoms with Gasteiger partial charge in [-0.2, -0.15) is 8.78 Å². The first-order valence-corrected chi connectivity index (χ1v) is 4.55. The molecule has 2 N–H and O–H groups in total. The third kappa shape index (κ3) is 1.60. The SMILES string of the molecule is NC(=O)C(F)(F)c1ccc2ncccc2c1. The zero-order chi connectivity index (χ0) is 11.8. The highest BCUT2D eigenvalue weighted by molar-refractivity contribution is 5.86. The van der Waals surface area contributed by atoms with E-state index in [0.717, 1.165) is 6.07 Å². The smallest absolute Gasteiger partial charge is 0.349 e. The molecule has 0 atom stereocenters. The quantitative estimate of drug-likeness (QED) is 0.842. The molecule has 3 nitrogen and oxygen atoms in total. The largest absolute Gasteiger partial charge is 0.364 e. The minimum absolute atomic E-state index is 0.416. The van der Waals surface area contributed by atoms with E-state index in [1.54, 1.807) is 18.3 Å². The van der Waals surface area contributed by atoms with Crippen LogP contribution in [0.25, 0.3) is 10.9 Å². The van der Waals surface area contributed by atoms with Crippen LogP contribution in [0.15, 0.2) is 36.5 Å². The van der Waals surface area contributed by atoms with Gasteiger partial charge in [0.2, 0.25) is 0 Å². The molecule has 82 valence electrons. The molecule has 1 amide bonds. The van der Waals surface area contributed by atoms with Gasteiger partial charge in [-0.3, -0.25) is 9.78 Å². The predicted molar refractivity (Wildman–Crippen MR) is 54.8 cm³/mol. The van der Waals surface area contributed by atoms with Crippen LogP contribution >= 0.6 is 0 Å². The number of nitrogens with two attached hydrogens (primary N) is 1. The number of rotatable bonds is 2. The third-order valence-corrected chi connectivity index (χ3v) is 2.28. The van der Waals surface area contributed by atoms with Gasteiger partial charge >= 0.3 is 5.92 Å². The third-order valence-electron chi connectivity index (χ3n) is 2.28. The number of primary amides is 1. The van der Waals surface area contributed by atoms with Crippen molar-refractivity contribution in [3.63, 3.8) is 0 Å². The lowest BCUT2D eigenvalue weighted by Crippen LogP contribution is -2.32. The number of carbonyl (C=O) groups is 1. The first-order chi connectivity index (χ1) is 7.51. The van der Waals surface area contributed by atoms with E-state index in [2.05, 4.69) is 10.7 Å². The predicted octanol–water partition coefficient (Wildman–Crippen LogP) is 1.81. The Bertz CT molecular complexity index is 554. The minimum atomic E-state index is -3.65. The molecule has 1 heterocycles. The maximum absolute atomic E-state index is 13.3. The van der Waals surface area contributed by atoms with Gasteiger partial charge in [-0.15, -0.1) is 0 Å². The summed E-state index contributed by atoms with van der Waals surface area (Å²) in [4.78, 5) is 14.6. The second-order valence-corrected chi connectivity index (χ2v) is 3.35. The average molecular weight is 222 g/mol. The van der Waals surface area contributed by atoms with Gasteiger partial charge in [0, 0.05) is 17.1 Å². The maximum Gasteiger partial charge on any atom is 0.349 e. The number of hydrogen-bond acceptors (Lipinski definition) is 2. The summed E-state index contributed by atoms with van der Waals surface area (Å²) in [7, 11) is 0. The average Bonchev–Trinajstić information content (AvgIpc) is 2.28. The second-order valence-electron chi connectivity index (χ2n) is 3.35. The number of aromatic nitrogens is 1. The molecule has 5 heteroatoms. The Hall–Kier alpha value is -2.04. The fraction of sp³-hybridized carbons (Fsp3) is 0.0909. The summed E-state index contributed by atoms with van der Waals surface area (Å²) in [6, 6.07) is 7.08. The molecule has 0 saturated carbocycles. The van der Waals surface area contributed by atoms with Crippen LogP contribution in [0.3, 0.4) is 0 Å². The van der Waals surface area contributed by atoms with E-state index in [0.29, 0.717) is 10.9 Å². The summed E-state index contributed by atoms with van der Waals surface area (Å²) in [5.74, 6) is -5.31. The van der Waals surface area contributed by atoms with Crippen LogP contribution < -0.4 is 5.73 Å². The van der Waals surface area contributed by atoms with Gasteiger partial charge in [-0.05, 0) is 18.2 Å². The van der Waals surface area contributed by atoms with Crippen molar-refractivity contribution >= 4 is 16.8 Å². The number of nitrogens with zero attached hydrogens (tertiary/aromatic N) is 1. The highest BCUT2D eigenvalue weighted by Crippen LogP contribution is 2.29. The standard InChI is InChI=1S/C11H8F2N2O/c12-11(13,10(14)16)8-3-4-9-7(6-8)2-1-5-15-9/h1-6H,(H2,14,16). The van der Waals surface area contributed by atoms with Crippen LogP contribution in [0.4, 0.5) is 8.78 Å². The maximum atomic E-state index is 13.3. The van der Waals surface area contributed by atoms with Gasteiger partial charge < -0.3 is 5.73 Å². The molecule has 0 aliphatic heterocycles. The first kappa shape index (κ1) is 10.5. The van der Waals surface area contributed by atoms with Gasteiger partial charge in [0.05, 0.1) is 5.52 Å². The molecule has 0 spiro atoms. The molecule has 0 aliphatic rings. The van der Waals surface area contributed by atoms with Crippen molar-refractivity contribution in [1.29, 1.82) is 0 Å². The molecule has 2 aromatic rings. The summed E-state index contributed by atoms with van der Waals surface area (Å²) in [5.41, 5.74) is 4.81. The van der Waals surface area contributed by atoms with Gasteiger partial charge in [-0.25, -0.2) is 0 Å². The number of hydrogen-bond donors (Lipinski definition) is 1. The fourth-order valence-electron chi connectivity index (χ4n) is 1.41. The lowest BCUT2D eigenvalue weighted by molar-refractivity contribution is -0.143. The number of alkyl halides is 2. The van der Waals surface area contributed by atoms with Crippen LogP contribution in [0.2, 0.25) is 0 Å². The Morgan fingerprint density at radius 2 is 2.06 bits per heavy atom. The van der Waals surface area contributed by atoms with Crippen LogP contribution in [0, 0.1) is 0 Å². The molecule has 0 bridgehead atoms. The molecule has 1 aromatic carbocycles. The summed E-state index contributed by atoms with van der Waals surface area (Å²) in [6.07, 6.45) is 1.56. The minimum Gasteiger partial charge on any atom is -0.364 e. The van der Waals surface area contributed by atoms with E-state index in [4.69, 9.17) is 0 Å². The van der Waals surface area contributed by atoms with Gasteiger partial charge in [0.1, 0.15) is 0 Å². The topological polar surface area (TPSA) is 56.0 Å².